The van der Waals surface area contributed by atoms with E-state index in [1.54, 1.807) is 35.4 Å². The summed E-state index contributed by atoms with van der Waals surface area (Å²) in [6.45, 7) is 0.158. The normalized spacial score (nSPS) is 18.0. The molecule has 1 fully saturated rings. The molecule has 2 aliphatic rings. The van der Waals surface area contributed by atoms with Gasteiger partial charge < -0.3 is 29.1 Å². The summed E-state index contributed by atoms with van der Waals surface area (Å²) >= 11 is 0. The van der Waals surface area contributed by atoms with Crippen LogP contribution in [0.2, 0.25) is 0 Å². The fraction of sp³-hybridized carbons (Fsp3) is 0.310. The van der Waals surface area contributed by atoms with Crippen LogP contribution in [0, 0.1) is 0 Å². The number of ether oxygens (including phenoxy) is 2. The fourth-order valence-electron chi connectivity index (χ4n) is 5.31. The summed E-state index contributed by atoms with van der Waals surface area (Å²) in [7, 11) is 0. The second-order valence-corrected chi connectivity index (χ2v) is 9.59. The van der Waals surface area contributed by atoms with Crippen LogP contribution in [-0.4, -0.2) is 40.5 Å². The number of benzene rings is 2. The Labute approximate surface area is 214 Å². The van der Waals surface area contributed by atoms with Gasteiger partial charge in [0.1, 0.15) is 18.4 Å². The Balaban J connectivity index is 1.39. The van der Waals surface area contributed by atoms with Crippen molar-refractivity contribution in [1.82, 2.24) is 15.2 Å². The number of amides is 2. The zero-order valence-corrected chi connectivity index (χ0v) is 20.4. The predicted octanol–water partition coefficient (Wildman–Crippen LogP) is 4.73. The molecule has 0 saturated heterocycles. The molecule has 190 valence electrons. The molecular weight excluding hydrogens is 470 g/mol. The summed E-state index contributed by atoms with van der Waals surface area (Å²) in [6, 6.07) is 17.8. The molecule has 2 aromatic carbocycles. The Bertz CT molecular complexity index is 1390. The Morgan fingerprint density at radius 1 is 1.00 bits per heavy atom. The standard InChI is InChI=1S/C29H29N3O5/c33-28(31-19-8-1-2-9-19)27(22-16-30-23-12-4-3-11-21(22)23)32(17-20-10-7-15-35-20)29(34)26-18-36-24-13-5-6-14-25(24)37-26/h3-7,10-16,19,26-27,30H,1-2,8-9,17-18H2,(H,31,33). The Morgan fingerprint density at radius 3 is 2.59 bits per heavy atom. The fourth-order valence-corrected chi connectivity index (χ4v) is 5.31. The molecule has 0 radical (unpaired) electrons. The molecular formula is C29H29N3O5. The highest BCUT2D eigenvalue weighted by Gasteiger charge is 2.40. The molecule has 1 saturated carbocycles. The molecule has 8 nitrogen and oxygen atoms in total. The smallest absolute Gasteiger partial charge is 0.268 e. The highest BCUT2D eigenvalue weighted by atomic mass is 16.6. The molecule has 2 amide bonds. The summed E-state index contributed by atoms with van der Waals surface area (Å²) < 4.78 is 17.5. The third kappa shape index (κ3) is 4.67. The van der Waals surface area contributed by atoms with E-state index in [1.807, 2.05) is 42.6 Å². The van der Waals surface area contributed by atoms with Crippen molar-refractivity contribution < 1.29 is 23.5 Å². The number of rotatable bonds is 7. The quantitative estimate of drug-likeness (QED) is 0.383. The van der Waals surface area contributed by atoms with Crippen LogP contribution in [0.25, 0.3) is 10.9 Å². The Kier molecular flexibility index (Phi) is 6.30. The van der Waals surface area contributed by atoms with Crippen LogP contribution in [0.15, 0.2) is 77.5 Å². The van der Waals surface area contributed by atoms with Crippen LogP contribution in [0.3, 0.4) is 0 Å². The van der Waals surface area contributed by atoms with Gasteiger partial charge in [0.25, 0.3) is 5.91 Å². The van der Waals surface area contributed by atoms with Crippen LogP contribution in [0.1, 0.15) is 43.0 Å². The largest absolute Gasteiger partial charge is 0.485 e. The van der Waals surface area contributed by atoms with E-state index in [9.17, 15) is 9.59 Å². The lowest BCUT2D eigenvalue weighted by Gasteiger charge is -2.35. The maximum absolute atomic E-state index is 14.1. The molecule has 2 aromatic heterocycles. The van der Waals surface area contributed by atoms with E-state index in [2.05, 4.69) is 10.3 Å². The molecule has 1 aliphatic carbocycles. The number of fused-ring (bicyclic) bond motifs is 2. The Hall–Kier alpha value is -4.20. The lowest BCUT2D eigenvalue weighted by molar-refractivity contribution is -0.149. The number of hydrogen-bond donors (Lipinski definition) is 2. The van der Waals surface area contributed by atoms with Crippen molar-refractivity contribution in [3.8, 4) is 11.5 Å². The van der Waals surface area contributed by atoms with Gasteiger partial charge in [-0.1, -0.05) is 43.2 Å². The van der Waals surface area contributed by atoms with Gasteiger partial charge in [0, 0.05) is 28.7 Å². The molecule has 2 atom stereocenters. The second-order valence-electron chi connectivity index (χ2n) is 9.59. The van der Waals surface area contributed by atoms with Gasteiger partial charge in [0.15, 0.2) is 11.5 Å². The number of H-pyrrole nitrogens is 1. The minimum atomic E-state index is -0.906. The molecule has 37 heavy (non-hydrogen) atoms. The average Bonchev–Trinajstić information content (AvgIpc) is 3.71. The first-order valence-corrected chi connectivity index (χ1v) is 12.7. The van der Waals surface area contributed by atoms with Gasteiger partial charge in [-0.3, -0.25) is 9.59 Å². The number of nitrogens with one attached hydrogen (secondary N) is 2. The number of hydrogen-bond acceptors (Lipinski definition) is 5. The summed E-state index contributed by atoms with van der Waals surface area (Å²) in [4.78, 5) is 32.9. The molecule has 8 heteroatoms. The van der Waals surface area contributed by atoms with Gasteiger partial charge in [-0.2, -0.15) is 0 Å². The first-order valence-electron chi connectivity index (χ1n) is 12.7. The van der Waals surface area contributed by atoms with Gasteiger partial charge in [0.2, 0.25) is 12.0 Å². The highest BCUT2D eigenvalue weighted by molar-refractivity contribution is 5.95. The van der Waals surface area contributed by atoms with E-state index >= 15 is 0 Å². The lowest BCUT2D eigenvalue weighted by Crippen LogP contribution is -2.51. The molecule has 2 unspecified atom stereocenters. The SMILES string of the molecule is O=C(NC1CCCC1)C(c1c[nH]c2ccccc12)N(Cc1ccco1)C(=O)C1COc2ccccc2O1. The highest BCUT2D eigenvalue weighted by Crippen LogP contribution is 2.35. The maximum Gasteiger partial charge on any atom is 0.268 e. The molecule has 0 bridgehead atoms. The summed E-state index contributed by atoms with van der Waals surface area (Å²) in [5, 5.41) is 4.10. The van der Waals surface area contributed by atoms with E-state index in [-0.39, 0.29) is 31.0 Å². The van der Waals surface area contributed by atoms with Crippen molar-refractivity contribution >= 4 is 22.7 Å². The minimum Gasteiger partial charge on any atom is -0.485 e. The molecule has 0 spiro atoms. The van der Waals surface area contributed by atoms with Crippen molar-refractivity contribution in [3.63, 3.8) is 0 Å². The Morgan fingerprint density at radius 2 is 1.78 bits per heavy atom. The van der Waals surface area contributed by atoms with Gasteiger partial charge >= 0.3 is 0 Å². The molecule has 1 aliphatic heterocycles. The number of para-hydroxylation sites is 3. The number of aromatic amines is 1. The van der Waals surface area contributed by atoms with E-state index in [1.165, 1.54) is 0 Å². The lowest BCUT2D eigenvalue weighted by atomic mass is 10.0. The molecule has 2 N–H and O–H groups in total. The van der Waals surface area contributed by atoms with Crippen LogP contribution < -0.4 is 14.8 Å². The first kappa shape index (κ1) is 23.2. The summed E-state index contributed by atoms with van der Waals surface area (Å²) in [6.07, 6.45) is 6.53. The minimum absolute atomic E-state index is 0.0509. The predicted molar refractivity (Wildman–Crippen MR) is 137 cm³/mol. The van der Waals surface area contributed by atoms with Gasteiger partial charge in [-0.15, -0.1) is 0 Å². The average molecular weight is 500 g/mol. The van der Waals surface area contributed by atoms with E-state index in [0.717, 1.165) is 42.1 Å². The van der Waals surface area contributed by atoms with Crippen LogP contribution >= 0.6 is 0 Å². The van der Waals surface area contributed by atoms with Crippen molar-refractivity contribution in [2.24, 2.45) is 0 Å². The summed E-state index contributed by atoms with van der Waals surface area (Å²) in [5.41, 5.74) is 1.62. The number of nitrogens with zero attached hydrogens (tertiary/aromatic N) is 1. The third-order valence-electron chi connectivity index (χ3n) is 7.15. The van der Waals surface area contributed by atoms with Crippen molar-refractivity contribution in [3.05, 3.63) is 84.4 Å². The van der Waals surface area contributed by atoms with Crippen LogP contribution in [-0.2, 0) is 16.1 Å². The number of carbonyl (C=O) groups excluding carboxylic acids is 2. The zero-order valence-electron chi connectivity index (χ0n) is 20.4. The van der Waals surface area contributed by atoms with E-state index in [0.29, 0.717) is 17.3 Å². The van der Waals surface area contributed by atoms with Gasteiger partial charge in [-0.05, 0) is 43.2 Å². The monoisotopic (exact) mass is 499 g/mol. The van der Waals surface area contributed by atoms with Crippen molar-refractivity contribution in [2.45, 2.75) is 50.4 Å². The van der Waals surface area contributed by atoms with Crippen molar-refractivity contribution in [2.75, 3.05) is 6.61 Å². The molecule has 3 heterocycles. The van der Waals surface area contributed by atoms with Gasteiger partial charge in [0.05, 0.1) is 12.8 Å². The maximum atomic E-state index is 14.1. The molecule has 6 rings (SSSR count). The zero-order chi connectivity index (χ0) is 25.2. The first-order chi connectivity index (χ1) is 18.2. The van der Waals surface area contributed by atoms with Crippen LogP contribution in [0.4, 0.5) is 0 Å². The van der Waals surface area contributed by atoms with E-state index < -0.39 is 12.1 Å². The van der Waals surface area contributed by atoms with Gasteiger partial charge in [-0.25, -0.2) is 0 Å². The summed E-state index contributed by atoms with van der Waals surface area (Å²) in [5.74, 6) is 1.11. The number of carbonyl (C=O) groups is 2. The van der Waals surface area contributed by atoms with Crippen molar-refractivity contribution in [1.29, 1.82) is 0 Å². The second kappa shape index (κ2) is 10.0. The molecule has 4 aromatic rings. The topological polar surface area (TPSA) is 96.8 Å². The number of aromatic nitrogens is 1. The third-order valence-corrected chi connectivity index (χ3v) is 7.15. The van der Waals surface area contributed by atoms with E-state index in [4.69, 9.17) is 13.9 Å². The number of furan rings is 1. The van der Waals surface area contributed by atoms with Crippen LogP contribution in [0.5, 0.6) is 11.5 Å².